The Morgan fingerprint density at radius 1 is 1.12 bits per heavy atom. The van der Waals surface area contributed by atoms with Crippen LogP contribution in [0.5, 0.6) is 0 Å². The molecule has 1 aliphatic rings. The molecule has 0 aromatic rings. The summed E-state index contributed by atoms with van der Waals surface area (Å²) in [5.41, 5.74) is 1.07. The van der Waals surface area contributed by atoms with Crippen LogP contribution < -0.4 is 5.32 Å². The highest BCUT2D eigenvalue weighted by Crippen LogP contribution is 2.17. The molecular weight excluding hydrogens is 316 g/mol. The number of esters is 1. The second-order valence-electron chi connectivity index (χ2n) is 5.66. The molecule has 0 aliphatic carbocycles. The highest BCUT2D eigenvalue weighted by atomic mass is 16.6. The lowest BCUT2D eigenvalue weighted by molar-refractivity contribution is -0.139. The largest absolute Gasteiger partial charge is 0.462 e. The van der Waals surface area contributed by atoms with E-state index in [1.165, 1.54) is 4.90 Å². The van der Waals surface area contributed by atoms with E-state index >= 15 is 0 Å². The van der Waals surface area contributed by atoms with Crippen LogP contribution in [0.4, 0.5) is 4.79 Å². The van der Waals surface area contributed by atoms with Crippen LogP contribution in [0.1, 0.15) is 39.5 Å². The van der Waals surface area contributed by atoms with Crippen LogP contribution in [-0.2, 0) is 14.3 Å². The van der Waals surface area contributed by atoms with Gasteiger partial charge in [0.25, 0.3) is 0 Å². The molecule has 0 spiro atoms. The molecule has 0 bridgehead atoms. The summed E-state index contributed by atoms with van der Waals surface area (Å²) in [6, 6.07) is 0. The van der Waals surface area contributed by atoms with E-state index < -0.39 is 12.1 Å². The minimum absolute atomic E-state index is 0.0629. The number of carbonyl (C=O) groups excluding carboxylic acids is 2. The summed E-state index contributed by atoms with van der Waals surface area (Å²) in [6.45, 7) is 4.29. The summed E-state index contributed by atoms with van der Waals surface area (Å²) in [5.74, 6) is -0.470. The first-order valence-corrected chi connectivity index (χ1v) is 8.29. The number of aliphatic hydroxyl groups excluding tert-OH is 2. The molecule has 24 heavy (non-hydrogen) atoms. The Kier molecular flexibility index (Phi) is 9.18. The van der Waals surface area contributed by atoms with Crippen molar-refractivity contribution in [3.05, 3.63) is 11.3 Å². The summed E-state index contributed by atoms with van der Waals surface area (Å²) in [6.07, 6.45) is 1.53. The zero-order valence-corrected chi connectivity index (χ0v) is 14.4. The average Bonchev–Trinajstić information content (AvgIpc) is 2.55. The van der Waals surface area contributed by atoms with Crippen LogP contribution in [0.3, 0.4) is 0 Å². The monoisotopic (exact) mass is 344 g/mol. The molecule has 138 valence electrons. The van der Waals surface area contributed by atoms with Crippen molar-refractivity contribution in [2.45, 2.75) is 45.7 Å². The Balaban J connectivity index is 2.56. The fraction of sp³-hybridized carbons (Fsp3) is 0.750. The molecule has 0 saturated heterocycles. The second-order valence-corrected chi connectivity index (χ2v) is 5.66. The Hall–Kier alpha value is -1.80. The van der Waals surface area contributed by atoms with Gasteiger partial charge < -0.3 is 25.0 Å². The zero-order chi connectivity index (χ0) is 17.9. The first-order chi connectivity index (χ1) is 11.5. The number of unbranched alkanes of at least 4 members (excludes halogenated alkanes) is 2. The summed E-state index contributed by atoms with van der Waals surface area (Å²) < 4.78 is 10.3. The van der Waals surface area contributed by atoms with E-state index in [-0.39, 0.29) is 39.1 Å². The third-order valence-electron chi connectivity index (χ3n) is 3.72. The maximum Gasteiger partial charge on any atom is 0.411 e. The van der Waals surface area contributed by atoms with Crippen molar-refractivity contribution >= 4 is 12.1 Å². The minimum atomic E-state index is -0.508. The van der Waals surface area contributed by atoms with E-state index in [4.69, 9.17) is 19.7 Å². The van der Waals surface area contributed by atoms with Crippen molar-refractivity contribution in [1.29, 1.82) is 0 Å². The van der Waals surface area contributed by atoms with E-state index in [0.717, 1.165) is 0 Å². The lowest BCUT2D eigenvalue weighted by atomic mass is 10.1. The number of nitrogens with one attached hydrogen (secondary N) is 1. The predicted molar refractivity (Wildman–Crippen MR) is 87.0 cm³/mol. The van der Waals surface area contributed by atoms with Crippen molar-refractivity contribution in [1.82, 2.24) is 10.2 Å². The molecule has 1 amide bonds. The van der Waals surface area contributed by atoms with Gasteiger partial charge in [-0.3, -0.25) is 4.90 Å². The van der Waals surface area contributed by atoms with Gasteiger partial charge in [-0.05, 0) is 39.5 Å². The predicted octanol–water partition coefficient (Wildman–Crippen LogP) is 0.736. The Bertz CT molecular complexity index is 452. The third kappa shape index (κ3) is 6.37. The van der Waals surface area contributed by atoms with Crippen LogP contribution in [0, 0.1) is 0 Å². The van der Waals surface area contributed by atoms with Gasteiger partial charge in [0.05, 0.1) is 25.3 Å². The SMILES string of the molecule is CC1=C(C(=O)OCCCCO)CN(C(=O)OCCCCO)C(C)N1. The first kappa shape index (κ1) is 20.2. The summed E-state index contributed by atoms with van der Waals surface area (Å²) in [4.78, 5) is 25.7. The van der Waals surface area contributed by atoms with Crippen LogP contribution in [0.25, 0.3) is 0 Å². The number of amides is 1. The third-order valence-corrected chi connectivity index (χ3v) is 3.72. The molecule has 1 atom stereocenters. The van der Waals surface area contributed by atoms with Gasteiger partial charge in [-0.25, -0.2) is 9.59 Å². The number of rotatable bonds is 9. The summed E-state index contributed by atoms with van der Waals surface area (Å²) in [5, 5.41) is 20.5. The van der Waals surface area contributed by atoms with Gasteiger partial charge in [0.15, 0.2) is 0 Å². The normalized spacial score (nSPS) is 17.5. The number of hydrogen-bond donors (Lipinski definition) is 3. The molecule has 0 fully saturated rings. The fourth-order valence-corrected chi connectivity index (χ4v) is 2.27. The number of carbonyl (C=O) groups is 2. The average molecular weight is 344 g/mol. The highest BCUT2D eigenvalue weighted by Gasteiger charge is 2.31. The second kappa shape index (κ2) is 10.9. The number of ether oxygens (including phenoxy) is 2. The van der Waals surface area contributed by atoms with Crippen LogP contribution in [0.15, 0.2) is 11.3 Å². The van der Waals surface area contributed by atoms with Gasteiger partial charge in [0.1, 0.15) is 6.17 Å². The molecular formula is C16H28N2O6. The smallest absolute Gasteiger partial charge is 0.411 e. The first-order valence-electron chi connectivity index (χ1n) is 8.29. The quantitative estimate of drug-likeness (QED) is 0.418. The number of aliphatic hydroxyl groups is 2. The van der Waals surface area contributed by atoms with E-state index in [1.54, 1.807) is 6.92 Å². The molecule has 8 nitrogen and oxygen atoms in total. The van der Waals surface area contributed by atoms with Gasteiger partial charge in [-0.1, -0.05) is 0 Å². The number of hydrogen-bond acceptors (Lipinski definition) is 7. The molecule has 0 aromatic heterocycles. The lowest BCUT2D eigenvalue weighted by Gasteiger charge is -2.35. The molecule has 1 unspecified atom stereocenters. The fourth-order valence-electron chi connectivity index (χ4n) is 2.27. The van der Waals surface area contributed by atoms with Gasteiger partial charge in [-0.15, -0.1) is 0 Å². The van der Waals surface area contributed by atoms with Crippen molar-refractivity contribution in [3.63, 3.8) is 0 Å². The van der Waals surface area contributed by atoms with Crippen molar-refractivity contribution in [2.24, 2.45) is 0 Å². The van der Waals surface area contributed by atoms with Gasteiger partial charge >= 0.3 is 12.1 Å². The topological polar surface area (TPSA) is 108 Å². The molecule has 0 radical (unpaired) electrons. The van der Waals surface area contributed by atoms with E-state index in [2.05, 4.69) is 5.32 Å². The van der Waals surface area contributed by atoms with Gasteiger partial charge in [-0.2, -0.15) is 0 Å². The Labute approximate surface area is 142 Å². The van der Waals surface area contributed by atoms with Crippen LogP contribution in [0.2, 0.25) is 0 Å². The Morgan fingerprint density at radius 3 is 2.29 bits per heavy atom. The van der Waals surface area contributed by atoms with Crippen LogP contribution in [-0.4, -0.2) is 66.3 Å². The van der Waals surface area contributed by atoms with Crippen molar-refractivity contribution in [2.75, 3.05) is 33.0 Å². The highest BCUT2D eigenvalue weighted by molar-refractivity contribution is 5.90. The van der Waals surface area contributed by atoms with Crippen LogP contribution >= 0.6 is 0 Å². The minimum Gasteiger partial charge on any atom is -0.462 e. The molecule has 1 rings (SSSR count). The number of nitrogens with zero attached hydrogens (tertiary/aromatic N) is 1. The number of allylic oxidation sites excluding steroid dienone is 1. The zero-order valence-electron chi connectivity index (χ0n) is 14.4. The molecule has 3 N–H and O–H groups in total. The van der Waals surface area contributed by atoms with Crippen molar-refractivity contribution < 1.29 is 29.3 Å². The maximum absolute atomic E-state index is 12.2. The van der Waals surface area contributed by atoms with Crippen molar-refractivity contribution in [3.8, 4) is 0 Å². The molecule has 1 heterocycles. The standard InChI is InChI=1S/C16H28N2O6/c1-12-14(15(21)23-9-5-3-7-19)11-18(13(2)17-12)16(22)24-10-6-4-8-20/h13,17,19-20H,3-11H2,1-2H3. The molecule has 0 aromatic carbocycles. The lowest BCUT2D eigenvalue weighted by Crippen LogP contribution is -2.52. The molecule has 0 saturated carbocycles. The van der Waals surface area contributed by atoms with E-state index in [0.29, 0.717) is 37.0 Å². The van der Waals surface area contributed by atoms with E-state index in [9.17, 15) is 9.59 Å². The molecule has 1 aliphatic heterocycles. The Morgan fingerprint density at radius 2 is 1.71 bits per heavy atom. The summed E-state index contributed by atoms with van der Waals surface area (Å²) >= 11 is 0. The summed E-state index contributed by atoms with van der Waals surface area (Å²) in [7, 11) is 0. The van der Waals surface area contributed by atoms with Gasteiger partial charge in [0, 0.05) is 18.9 Å². The molecule has 8 heteroatoms. The van der Waals surface area contributed by atoms with Gasteiger partial charge in [0.2, 0.25) is 0 Å². The maximum atomic E-state index is 12.2. The van der Waals surface area contributed by atoms with E-state index in [1.807, 2.05) is 6.92 Å².